The van der Waals surface area contributed by atoms with Crippen molar-refractivity contribution in [3.05, 3.63) is 41.2 Å². The maximum atomic E-state index is 12.8. The Morgan fingerprint density at radius 1 is 1.21 bits per heavy atom. The summed E-state index contributed by atoms with van der Waals surface area (Å²) >= 11 is 0. The van der Waals surface area contributed by atoms with Gasteiger partial charge in [0, 0.05) is 57.5 Å². The third-order valence-electron chi connectivity index (χ3n) is 5.99. The number of carbonyl (C=O) groups is 2. The van der Waals surface area contributed by atoms with E-state index in [1.54, 1.807) is 35.1 Å². The van der Waals surface area contributed by atoms with Gasteiger partial charge >= 0.3 is 0 Å². The van der Waals surface area contributed by atoms with E-state index >= 15 is 0 Å². The first-order valence-electron chi connectivity index (χ1n) is 9.72. The van der Waals surface area contributed by atoms with E-state index in [0.29, 0.717) is 30.9 Å². The summed E-state index contributed by atoms with van der Waals surface area (Å²) in [5, 5.41) is 4.10. The molecule has 0 N–H and O–H groups in total. The van der Waals surface area contributed by atoms with E-state index in [1.807, 2.05) is 11.9 Å². The molecule has 0 aromatic carbocycles. The van der Waals surface area contributed by atoms with Gasteiger partial charge in [-0.15, -0.1) is 0 Å². The zero-order chi connectivity index (χ0) is 20.1. The fraction of sp³-hybridized carbons (Fsp3) is 0.550. The maximum absolute atomic E-state index is 12.8. The highest BCUT2D eigenvalue weighted by Crippen LogP contribution is 2.40. The Bertz CT molecular complexity index is 927. The largest absolute Gasteiger partial charge is 0.341 e. The molecule has 0 radical (unpaired) electrons. The number of hydrogen-bond acceptors (Lipinski definition) is 5. The molecular weight excluding hydrogens is 356 g/mol. The molecule has 0 saturated carbocycles. The van der Waals surface area contributed by atoms with Crippen molar-refractivity contribution in [3.8, 4) is 0 Å². The number of fused-ring (bicyclic) bond motifs is 2. The lowest BCUT2D eigenvalue weighted by atomic mass is 9.71. The number of piperidine rings is 1. The quantitative estimate of drug-likeness (QED) is 0.788. The van der Waals surface area contributed by atoms with Crippen LogP contribution >= 0.6 is 0 Å². The van der Waals surface area contributed by atoms with E-state index in [2.05, 4.69) is 23.9 Å². The monoisotopic (exact) mass is 382 g/mol. The standard InChI is InChI=1S/C20H26N6O2/c1-13(2)17-21-11-14-16(23-17)20(12-24(3)18(14)27)6-9-26(10-7-20)19(28)15-5-8-22-25(15)4/h5,8,11,13H,6-7,9-10,12H2,1-4H3. The summed E-state index contributed by atoms with van der Waals surface area (Å²) < 4.78 is 1.61. The Morgan fingerprint density at radius 3 is 2.54 bits per heavy atom. The van der Waals surface area contributed by atoms with Crippen molar-refractivity contribution < 1.29 is 9.59 Å². The molecule has 0 aliphatic carbocycles. The molecule has 0 unspecified atom stereocenters. The highest BCUT2D eigenvalue weighted by molar-refractivity contribution is 5.96. The number of nitrogens with zero attached hydrogens (tertiary/aromatic N) is 6. The topological polar surface area (TPSA) is 84.2 Å². The molecular formula is C20H26N6O2. The van der Waals surface area contributed by atoms with Crippen LogP contribution in [0.4, 0.5) is 0 Å². The predicted molar refractivity (Wildman–Crippen MR) is 103 cm³/mol. The zero-order valence-electron chi connectivity index (χ0n) is 16.8. The first kappa shape index (κ1) is 18.6. The average Bonchev–Trinajstić information content (AvgIpc) is 3.12. The van der Waals surface area contributed by atoms with Gasteiger partial charge in [0.1, 0.15) is 11.5 Å². The smallest absolute Gasteiger partial charge is 0.272 e. The van der Waals surface area contributed by atoms with Crippen molar-refractivity contribution in [2.24, 2.45) is 7.05 Å². The van der Waals surface area contributed by atoms with E-state index in [0.717, 1.165) is 24.4 Å². The van der Waals surface area contributed by atoms with Gasteiger partial charge in [0.05, 0.1) is 11.3 Å². The van der Waals surface area contributed by atoms with Crippen molar-refractivity contribution in [3.63, 3.8) is 0 Å². The third-order valence-corrected chi connectivity index (χ3v) is 5.99. The second kappa shape index (κ2) is 6.68. The Hall–Kier alpha value is -2.77. The predicted octanol–water partition coefficient (Wildman–Crippen LogP) is 1.59. The van der Waals surface area contributed by atoms with Crippen LogP contribution in [-0.2, 0) is 12.5 Å². The van der Waals surface area contributed by atoms with Crippen molar-refractivity contribution in [1.82, 2.24) is 29.5 Å². The zero-order valence-corrected chi connectivity index (χ0v) is 16.8. The molecule has 1 saturated heterocycles. The lowest BCUT2D eigenvalue weighted by Crippen LogP contribution is -2.54. The third kappa shape index (κ3) is 2.87. The van der Waals surface area contributed by atoms with E-state index < -0.39 is 0 Å². The molecule has 2 amide bonds. The van der Waals surface area contributed by atoms with E-state index in [1.165, 1.54) is 0 Å². The number of amides is 2. The van der Waals surface area contributed by atoms with Gasteiger partial charge in [0.2, 0.25) is 0 Å². The number of carbonyl (C=O) groups excluding carboxylic acids is 2. The molecule has 2 aromatic rings. The van der Waals surface area contributed by atoms with Gasteiger partial charge in [0.15, 0.2) is 0 Å². The van der Waals surface area contributed by atoms with Crippen LogP contribution in [0, 0.1) is 0 Å². The Labute approximate surface area is 164 Å². The van der Waals surface area contributed by atoms with E-state index in [4.69, 9.17) is 4.98 Å². The minimum Gasteiger partial charge on any atom is -0.341 e. The molecule has 2 aliphatic heterocycles. The minimum atomic E-state index is -0.228. The van der Waals surface area contributed by atoms with Crippen LogP contribution < -0.4 is 0 Å². The summed E-state index contributed by atoms with van der Waals surface area (Å²) in [5.74, 6) is 0.942. The highest BCUT2D eigenvalue weighted by atomic mass is 16.2. The summed E-state index contributed by atoms with van der Waals surface area (Å²) in [6, 6.07) is 1.75. The molecule has 8 heteroatoms. The number of aromatic nitrogens is 4. The fourth-order valence-corrected chi connectivity index (χ4v) is 4.32. The molecule has 4 rings (SSSR count). The molecule has 2 aliphatic rings. The molecule has 28 heavy (non-hydrogen) atoms. The number of likely N-dealkylation sites (tertiary alicyclic amines) is 1. The highest BCUT2D eigenvalue weighted by Gasteiger charge is 2.46. The summed E-state index contributed by atoms with van der Waals surface area (Å²) in [6.45, 7) is 6.00. The minimum absolute atomic E-state index is 0.000806. The Kier molecular flexibility index (Phi) is 4.44. The SMILES string of the molecule is CC(C)c1ncc2c(n1)C1(CCN(C(=O)c3ccnn3C)CC1)CN(C)C2=O. The molecule has 1 fully saturated rings. The lowest BCUT2D eigenvalue weighted by Gasteiger charge is -2.46. The van der Waals surface area contributed by atoms with Crippen LogP contribution in [0.3, 0.4) is 0 Å². The molecule has 8 nitrogen and oxygen atoms in total. The molecule has 1 spiro atoms. The van der Waals surface area contributed by atoms with Crippen LogP contribution in [0.1, 0.15) is 65.0 Å². The van der Waals surface area contributed by atoms with Gasteiger partial charge in [0.25, 0.3) is 11.8 Å². The molecule has 2 aromatic heterocycles. The van der Waals surface area contributed by atoms with Gasteiger partial charge < -0.3 is 9.80 Å². The first-order chi connectivity index (χ1) is 13.3. The van der Waals surface area contributed by atoms with Crippen LogP contribution in [0.2, 0.25) is 0 Å². The van der Waals surface area contributed by atoms with Crippen LogP contribution in [0.5, 0.6) is 0 Å². The summed E-state index contributed by atoms with van der Waals surface area (Å²) in [4.78, 5) is 38.4. The van der Waals surface area contributed by atoms with Crippen LogP contribution in [-0.4, -0.2) is 68.0 Å². The number of aryl methyl sites for hydroxylation is 1. The van der Waals surface area contributed by atoms with Crippen LogP contribution in [0.15, 0.2) is 18.5 Å². The number of hydrogen-bond donors (Lipinski definition) is 0. The van der Waals surface area contributed by atoms with Gasteiger partial charge in [-0.3, -0.25) is 14.3 Å². The summed E-state index contributed by atoms with van der Waals surface area (Å²) in [5.41, 5.74) is 1.83. The van der Waals surface area contributed by atoms with E-state index in [-0.39, 0.29) is 23.1 Å². The normalized spacial score (nSPS) is 18.7. The molecule has 148 valence electrons. The van der Waals surface area contributed by atoms with Crippen molar-refractivity contribution in [2.45, 2.75) is 38.0 Å². The van der Waals surface area contributed by atoms with Crippen LogP contribution in [0.25, 0.3) is 0 Å². The first-order valence-corrected chi connectivity index (χ1v) is 9.72. The second-order valence-electron chi connectivity index (χ2n) is 8.22. The van der Waals surface area contributed by atoms with Crippen molar-refractivity contribution in [2.75, 3.05) is 26.7 Å². The number of likely N-dealkylation sites (N-methyl/N-ethyl adjacent to an activating group) is 1. The van der Waals surface area contributed by atoms with Gasteiger partial charge in [-0.05, 0) is 18.9 Å². The van der Waals surface area contributed by atoms with Gasteiger partial charge in [-0.1, -0.05) is 13.8 Å². The molecule has 0 bridgehead atoms. The van der Waals surface area contributed by atoms with Gasteiger partial charge in [-0.25, -0.2) is 9.97 Å². The lowest BCUT2D eigenvalue weighted by molar-refractivity contribution is 0.0534. The summed E-state index contributed by atoms with van der Waals surface area (Å²) in [7, 11) is 3.61. The van der Waals surface area contributed by atoms with Crippen molar-refractivity contribution in [1.29, 1.82) is 0 Å². The second-order valence-corrected chi connectivity index (χ2v) is 8.22. The van der Waals surface area contributed by atoms with Gasteiger partial charge in [-0.2, -0.15) is 5.10 Å². The summed E-state index contributed by atoms with van der Waals surface area (Å²) in [6.07, 6.45) is 4.87. The molecule has 4 heterocycles. The fourth-order valence-electron chi connectivity index (χ4n) is 4.32. The number of rotatable bonds is 2. The average molecular weight is 382 g/mol. The Morgan fingerprint density at radius 2 is 1.93 bits per heavy atom. The molecule has 0 atom stereocenters. The maximum Gasteiger partial charge on any atom is 0.272 e. The van der Waals surface area contributed by atoms with Crippen molar-refractivity contribution >= 4 is 11.8 Å². The Balaban J connectivity index is 1.64. The van der Waals surface area contributed by atoms with E-state index in [9.17, 15) is 9.59 Å².